The molecule has 0 aromatic heterocycles. The van der Waals surface area contributed by atoms with E-state index in [1.165, 1.54) is 0 Å². The molecule has 1 N–H and O–H groups in total. The van der Waals surface area contributed by atoms with E-state index in [-0.39, 0.29) is 25.0 Å². The molecule has 2 aromatic carbocycles. The van der Waals surface area contributed by atoms with Gasteiger partial charge in [-0.1, -0.05) is 12.1 Å². The van der Waals surface area contributed by atoms with Crippen molar-refractivity contribution in [3.05, 3.63) is 54.1 Å². The summed E-state index contributed by atoms with van der Waals surface area (Å²) < 4.78 is 16.8. The molecule has 0 radical (unpaired) electrons. The number of para-hydroxylation sites is 2. The molecule has 0 unspecified atom stereocenters. The minimum absolute atomic E-state index is 0.00323. The zero-order valence-corrected chi connectivity index (χ0v) is 18.0. The molecule has 2 aromatic rings. The number of carbonyl (C=O) groups is 2. The van der Waals surface area contributed by atoms with Gasteiger partial charge in [-0.25, -0.2) is 5.43 Å². The van der Waals surface area contributed by atoms with Crippen LogP contribution in [0.3, 0.4) is 0 Å². The molecular weight excluding hydrogens is 398 g/mol. The fourth-order valence-corrected chi connectivity index (χ4v) is 3.03. The molecule has 0 fully saturated rings. The minimum Gasteiger partial charge on any atom is -0.485 e. The SMILES string of the molecule is CCN(CC)C(=O)COc1ccc(/C(C)=N\NC(=O)[C@H]2COc3ccccc3O2)cc1. The summed E-state index contributed by atoms with van der Waals surface area (Å²) in [5.41, 5.74) is 3.96. The third-order valence-electron chi connectivity index (χ3n) is 4.89. The summed E-state index contributed by atoms with van der Waals surface area (Å²) in [5.74, 6) is 1.30. The molecule has 1 aliphatic rings. The minimum atomic E-state index is -0.773. The van der Waals surface area contributed by atoms with E-state index in [0.29, 0.717) is 36.0 Å². The maximum Gasteiger partial charge on any atom is 0.284 e. The maximum absolute atomic E-state index is 12.4. The van der Waals surface area contributed by atoms with Crippen molar-refractivity contribution in [1.29, 1.82) is 0 Å². The van der Waals surface area contributed by atoms with Gasteiger partial charge in [0.2, 0.25) is 6.10 Å². The van der Waals surface area contributed by atoms with Gasteiger partial charge in [0.25, 0.3) is 11.8 Å². The molecule has 0 saturated heterocycles. The van der Waals surface area contributed by atoms with Crippen LogP contribution in [0.5, 0.6) is 17.2 Å². The van der Waals surface area contributed by atoms with E-state index < -0.39 is 6.10 Å². The molecule has 0 aliphatic carbocycles. The quantitative estimate of drug-likeness (QED) is 0.519. The van der Waals surface area contributed by atoms with Crippen molar-refractivity contribution in [3.63, 3.8) is 0 Å². The van der Waals surface area contributed by atoms with Crippen molar-refractivity contribution >= 4 is 17.5 Å². The molecule has 2 amide bonds. The van der Waals surface area contributed by atoms with Crippen LogP contribution in [0.4, 0.5) is 0 Å². The molecule has 1 aliphatic heterocycles. The first kappa shape index (κ1) is 22.1. The van der Waals surface area contributed by atoms with Gasteiger partial charge in [0, 0.05) is 13.1 Å². The summed E-state index contributed by atoms with van der Waals surface area (Å²) in [6, 6.07) is 14.4. The van der Waals surface area contributed by atoms with Crippen molar-refractivity contribution in [2.45, 2.75) is 26.9 Å². The standard InChI is InChI=1S/C23H27N3O5/c1-4-26(5-2)22(27)15-29-18-12-10-17(11-13-18)16(3)24-25-23(28)21-14-30-19-8-6-7-9-20(19)31-21/h6-13,21H,4-5,14-15H2,1-3H3,(H,25,28)/b24-16-/t21-/m1/s1. The van der Waals surface area contributed by atoms with Crippen LogP contribution in [-0.4, -0.2) is 54.8 Å². The van der Waals surface area contributed by atoms with Gasteiger partial charge in [0.1, 0.15) is 12.4 Å². The van der Waals surface area contributed by atoms with Crippen LogP contribution >= 0.6 is 0 Å². The van der Waals surface area contributed by atoms with Crippen molar-refractivity contribution in [1.82, 2.24) is 10.3 Å². The first-order valence-corrected chi connectivity index (χ1v) is 10.3. The molecule has 164 valence electrons. The molecule has 1 atom stereocenters. The summed E-state index contributed by atoms with van der Waals surface area (Å²) >= 11 is 0. The Balaban J connectivity index is 1.52. The van der Waals surface area contributed by atoms with E-state index in [0.717, 1.165) is 5.56 Å². The van der Waals surface area contributed by atoms with E-state index in [2.05, 4.69) is 10.5 Å². The number of rotatable bonds is 8. The highest BCUT2D eigenvalue weighted by Crippen LogP contribution is 2.30. The second-order valence-electron chi connectivity index (χ2n) is 6.92. The van der Waals surface area contributed by atoms with Crippen LogP contribution in [0.2, 0.25) is 0 Å². The van der Waals surface area contributed by atoms with E-state index in [1.807, 2.05) is 38.1 Å². The molecule has 8 nitrogen and oxygen atoms in total. The lowest BCUT2D eigenvalue weighted by Crippen LogP contribution is -2.42. The number of ether oxygens (including phenoxy) is 3. The fourth-order valence-electron chi connectivity index (χ4n) is 3.03. The number of hydrogen-bond donors (Lipinski definition) is 1. The first-order chi connectivity index (χ1) is 15.0. The smallest absolute Gasteiger partial charge is 0.284 e. The number of nitrogens with one attached hydrogen (secondary N) is 1. The van der Waals surface area contributed by atoms with Crippen molar-refractivity contribution in [3.8, 4) is 17.2 Å². The van der Waals surface area contributed by atoms with Gasteiger partial charge in [-0.3, -0.25) is 9.59 Å². The van der Waals surface area contributed by atoms with Crippen LogP contribution in [0.15, 0.2) is 53.6 Å². The number of fused-ring (bicyclic) bond motifs is 1. The number of nitrogens with zero attached hydrogens (tertiary/aromatic N) is 2. The van der Waals surface area contributed by atoms with E-state index in [4.69, 9.17) is 14.2 Å². The second-order valence-corrected chi connectivity index (χ2v) is 6.92. The fraction of sp³-hybridized carbons (Fsp3) is 0.348. The maximum atomic E-state index is 12.4. The summed E-state index contributed by atoms with van der Waals surface area (Å²) in [6.45, 7) is 7.08. The topological polar surface area (TPSA) is 89.5 Å². The lowest BCUT2D eigenvalue weighted by molar-refractivity contribution is -0.133. The Morgan fingerprint density at radius 2 is 1.77 bits per heavy atom. The van der Waals surface area contributed by atoms with E-state index >= 15 is 0 Å². The van der Waals surface area contributed by atoms with Gasteiger partial charge in [-0.2, -0.15) is 5.10 Å². The molecule has 0 spiro atoms. The summed E-state index contributed by atoms with van der Waals surface area (Å²) in [6.07, 6.45) is -0.773. The predicted octanol–water partition coefficient (Wildman–Crippen LogP) is 2.61. The zero-order valence-electron chi connectivity index (χ0n) is 18.0. The largest absolute Gasteiger partial charge is 0.485 e. The normalized spacial score (nSPS) is 15.2. The van der Waals surface area contributed by atoms with Crippen molar-refractivity contribution < 1.29 is 23.8 Å². The third kappa shape index (κ3) is 5.75. The van der Waals surface area contributed by atoms with Gasteiger partial charge in [-0.05, 0) is 62.7 Å². The van der Waals surface area contributed by atoms with E-state index in [1.54, 1.807) is 36.1 Å². The van der Waals surface area contributed by atoms with Gasteiger partial charge < -0.3 is 19.1 Å². The van der Waals surface area contributed by atoms with Gasteiger partial charge in [0.05, 0.1) is 5.71 Å². The Kier molecular flexibility index (Phi) is 7.48. The molecule has 0 bridgehead atoms. The van der Waals surface area contributed by atoms with Crippen LogP contribution in [0, 0.1) is 0 Å². The molecule has 0 saturated carbocycles. The molecule has 31 heavy (non-hydrogen) atoms. The summed E-state index contributed by atoms with van der Waals surface area (Å²) in [5, 5.41) is 4.15. The second kappa shape index (κ2) is 10.5. The lowest BCUT2D eigenvalue weighted by Gasteiger charge is -2.24. The Morgan fingerprint density at radius 1 is 1.10 bits per heavy atom. The predicted molar refractivity (Wildman–Crippen MR) is 117 cm³/mol. The number of amides is 2. The summed E-state index contributed by atoms with van der Waals surface area (Å²) in [4.78, 5) is 26.1. The molecule has 8 heteroatoms. The van der Waals surface area contributed by atoms with Gasteiger partial charge in [-0.15, -0.1) is 0 Å². The monoisotopic (exact) mass is 425 g/mol. The van der Waals surface area contributed by atoms with Crippen molar-refractivity contribution in [2.75, 3.05) is 26.3 Å². The highest BCUT2D eigenvalue weighted by molar-refractivity contribution is 5.99. The molecule has 3 rings (SSSR count). The zero-order chi connectivity index (χ0) is 22.2. The van der Waals surface area contributed by atoms with E-state index in [9.17, 15) is 9.59 Å². The van der Waals surface area contributed by atoms with Gasteiger partial charge >= 0.3 is 0 Å². The Hall–Kier alpha value is -3.55. The molecule has 1 heterocycles. The van der Waals surface area contributed by atoms with Crippen molar-refractivity contribution in [2.24, 2.45) is 5.10 Å². The van der Waals surface area contributed by atoms with Crippen LogP contribution in [0.25, 0.3) is 0 Å². The van der Waals surface area contributed by atoms with Gasteiger partial charge in [0.15, 0.2) is 18.1 Å². The first-order valence-electron chi connectivity index (χ1n) is 10.3. The third-order valence-corrected chi connectivity index (χ3v) is 4.89. The Bertz CT molecular complexity index is 938. The Morgan fingerprint density at radius 3 is 2.45 bits per heavy atom. The summed E-state index contributed by atoms with van der Waals surface area (Å²) in [7, 11) is 0. The number of carbonyl (C=O) groups excluding carboxylic acids is 2. The number of hydrogen-bond acceptors (Lipinski definition) is 6. The van der Waals surface area contributed by atoms with Crippen LogP contribution in [0.1, 0.15) is 26.3 Å². The number of hydrazone groups is 1. The van der Waals surface area contributed by atoms with Crippen LogP contribution < -0.4 is 19.6 Å². The Labute approximate surface area is 181 Å². The number of benzene rings is 2. The lowest BCUT2D eigenvalue weighted by atomic mass is 10.1. The average Bonchev–Trinajstić information content (AvgIpc) is 2.81. The highest BCUT2D eigenvalue weighted by atomic mass is 16.6. The highest BCUT2D eigenvalue weighted by Gasteiger charge is 2.27. The average molecular weight is 425 g/mol. The molecular formula is C23H27N3O5. The number of likely N-dealkylation sites (N-methyl/N-ethyl adjacent to an activating group) is 1. The van der Waals surface area contributed by atoms with Crippen LogP contribution in [-0.2, 0) is 9.59 Å².